The summed E-state index contributed by atoms with van der Waals surface area (Å²) < 4.78 is 4.95. The molecule has 0 aromatic heterocycles. The van der Waals surface area contributed by atoms with Gasteiger partial charge in [0.2, 0.25) is 0 Å². The normalized spacial score (nSPS) is 13.6. The van der Waals surface area contributed by atoms with E-state index in [2.05, 4.69) is 0 Å². The number of aliphatic hydroxyl groups excluding tert-OH is 1. The summed E-state index contributed by atoms with van der Waals surface area (Å²) >= 11 is 0. The van der Waals surface area contributed by atoms with Gasteiger partial charge in [-0.15, -0.1) is 0 Å². The van der Waals surface area contributed by atoms with Gasteiger partial charge in [0.1, 0.15) is 0 Å². The molecule has 3 nitrogen and oxygen atoms in total. The lowest BCUT2D eigenvalue weighted by molar-refractivity contribution is -0.113. The fourth-order valence-electron chi connectivity index (χ4n) is 0.622. The van der Waals surface area contributed by atoms with Gasteiger partial charge in [-0.05, 0) is 25.5 Å². The Morgan fingerprint density at radius 3 is 2.83 bits per heavy atom. The number of hydrogen-bond donors (Lipinski definition) is 1. The fourth-order valence-corrected chi connectivity index (χ4v) is 0.622. The molecule has 0 aliphatic rings. The Morgan fingerprint density at radius 2 is 2.33 bits per heavy atom. The first kappa shape index (κ1) is 11.3. The first-order valence-corrected chi connectivity index (χ1v) is 4.15. The predicted octanol–water partition coefficient (Wildman–Crippen LogP) is 1.27. The number of rotatable bonds is 6. The Labute approximate surface area is 73.0 Å². The number of carbonyl (C=O) groups is 1. The topological polar surface area (TPSA) is 46.5 Å². The maximum absolute atomic E-state index is 10.4. The number of unbranched alkanes of at least 4 members (excludes halogenated alkanes) is 1. The van der Waals surface area contributed by atoms with E-state index < -0.39 is 6.29 Å². The van der Waals surface area contributed by atoms with Crippen molar-refractivity contribution in [1.82, 2.24) is 0 Å². The highest BCUT2D eigenvalue weighted by molar-refractivity contribution is 5.87. The molecule has 0 fully saturated rings. The van der Waals surface area contributed by atoms with E-state index in [1.165, 1.54) is 19.1 Å². The molecule has 70 valence electrons. The summed E-state index contributed by atoms with van der Waals surface area (Å²) in [5.41, 5.74) is 0. The van der Waals surface area contributed by atoms with E-state index >= 15 is 0 Å². The van der Waals surface area contributed by atoms with Gasteiger partial charge in [-0.25, -0.2) is 0 Å². The molecule has 1 atom stereocenters. The lowest BCUT2D eigenvalue weighted by Gasteiger charge is -2.05. The highest BCUT2D eigenvalue weighted by Gasteiger charge is 1.97. The zero-order chi connectivity index (χ0) is 9.40. The lowest BCUT2D eigenvalue weighted by Crippen LogP contribution is -2.09. The van der Waals surface area contributed by atoms with Gasteiger partial charge < -0.3 is 9.84 Å². The third-order valence-electron chi connectivity index (χ3n) is 1.28. The molecule has 0 aromatic carbocycles. The van der Waals surface area contributed by atoms with Crippen molar-refractivity contribution in [1.29, 1.82) is 0 Å². The second-order valence-corrected chi connectivity index (χ2v) is 2.58. The van der Waals surface area contributed by atoms with E-state index in [-0.39, 0.29) is 5.78 Å². The molecule has 0 spiro atoms. The number of allylic oxidation sites excluding steroid dienone is 1. The van der Waals surface area contributed by atoms with Gasteiger partial charge in [0.25, 0.3) is 0 Å². The molecule has 3 heteroatoms. The molecular weight excluding hydrogens is 156 g/mol. The van der Waals surface area contributed by atoms with Crippen LogP contribution in [0.25, 0.3) is 0 Å². The van der Waals surface area contributed by atoms with Crippen LogP contribution in [0, 0.1) is 0 Å². The second-order valence-electron chi connectivity index (χ2n) is 2.58. The van der Waals surface area contributed by atoms with Crippen LogP contribution in [0.1, 0.15) is 26.7 Å². The highest BCUT2D eigenvalue weighted by Crippen LogP contribution is 1.94. The summed E-state index contributed by atoms with van der Waals surface area (Å²) in [6.07, 6.45) is 3.66. The Morgan fingerprint density at radius 1 is 1.67 bits per heavy atom. The van der Waals surface area contributed by atoms with Gasteiger partial charge in [0.15, 0.2) is 12.1 Å². The number of ether oxygens (including phenoxy) is 1. The second kappa shape index (κ2) is 7.00. The minimum Gasteiger partial charge on any atom is -0.365 e. The first-order valence-electron chi connectivity index (χ1n) is 4.15. The number of ketones is 1. The van der Waals surface area contributed by atoms with Gasteiger partial charge in [0.05, 0.1) is 6.61 Å². The van der Waals surface area contributed by atoms with Crippen LogP contribution in [0.3, 0.4) is 0 Å². The quantitative estimate of drug-likeness (QED) is 0.373. The van der Waals surface area contributed by atoms with Gasteiger partial charge in [0, 0.05) is 0 Å². The highest BCUT2D eigenvalue weighted by atomic mass is 16.6. The molecule has 1 unspecified atom stereocenters. The van der Waals surface area contributed by atoms with E-state index in [0.717, 1.165) is 12.8 Å². The van der Waals surface area contributed by atoms with Gasteiger partial charge in [-0.2, -0.15) is 0 Å². The van der Waals surface area contributed by atoms with Crippen molar-refractivity contribution in [2.75, 3.05) is 6.61 Å². The number of carbonyl (C=O) groups excluding carboxylic acids is 1. The summed E-state index contributed by atoms with van der Waals surface area (Å²) in [5, 5.41) is 9.06. The van der Waals surface area contributed by atoms with Gasteiger partial charge >= 0.3 is 0 Å². The summed E-state index contributed by atoms with van der Waals surface area (Å²) in [4.78, 5) is 10.4. The molecule has 0 heterocycles. The average Bonchev–Trinajstić information content (AvgIpc) is 2.01. The molecule has 12 heavy (non-hydrogen) atoms. The maximum Gasteiger partial charge on any atom is 0.174 e. The van der Waals surface area contributed by atoms with E-state index in [1.54, 1.807) is 0 Å². The molecule has 0 bridgehead atoms. The van der Waals surface area contributed by atoms with Crippen molar-refractivity contribution >= 4 is 5.78 Å². The zero-order valence-electron chi connectivity index (χ0n) is 7.62. The van der Waals surface area contributed by atoms with Crippen LogP contribution in [0.5, 0.6) is 0 Å². The van der Waals surface area contributed by atoms with Crippen molar-refractivity contribution in [3.63, 3.8) is 0 Å². The van der Waals surface area contributed by atoms with Crippen LogP contribution in [-0.2, 0) is 9.53 Å². The molecule has 1 N–H and O–H groups in total. The van der Waals surface area contributed by atoms with Crippen molar-refractivity contribution in [2.45, 2.75) is 33.0 Å². The van der Waals surface area contributed by atoms with Crippen LogP contribution in [0.15, 0.2) is 12.2 Å². The Bertz CT molecular complexity index is 152. The third-order valence-corrected chi connectivity index (χ3v) is 1.28. The molecular formula is C9H16O3. The van der Waals surface area contributed by atoms with Crippen LogP contribution < -0.4 is 0 Å². The summed E-state index contributed by atoms with van der Waals surface area (Å²) in [6.45, 7) is 4.00. The molecule has 0 radical (unpaired) electrons. The zero-order valence-corrected chi connectivity index (χ0v) is 7.62. The molecule has 0 saturated carbocycles. The molecule has 0 aliphatic heterocycles. The Kier molecular flexibility index (Phi) is 6.61. The lowest BCUT2D eigenvalue weighted by atomic mass is 10.3. The van der Waals surface area contributed by atoms with Gasteiger partial charge in [-0.1, -0.05) is 13.3 Å². The van der Waals surface area contributed by atoms with Crippen LogP contribution in [0.2, 0.25) is 0 Å². The number of aliphatic hydroxyl groups is 1. The monoisotopic (exact) mass is 172 g/mol. The largest absolute Gasteiger partial charge is 0.365 e. The molecule has 0 aromatic rings. The standard InChI is InChI=1S/C9H16O3/c1-3-4-7-12-9(11)6-5-8(2)10/h5-6,9,11H,3-4,7H2,1-2H3. The van der Waals surface area contributed by atoms with Gasteiger partial charge in [-0.3, -0.25) is 4.79 Å². The van der Waals surface area contributed by atoms with Crippen LogP contribution in [-0.4, -0.2) is 23.8 Å². The minimum absolute atomic E-state index is 0.0897. The van der Waals surface area contributed by atoms with Crippen molar-refractivity contribution < 1.29 is 14.6 Å². The Hall–Kier alpha value is -0.670. The molecule has 0 aliphatic carbocycles. The van der Waals surface area contributed by atoms with E-state index in [9.17, 15) is 4.79 Å². The smallest absolute Gasteiger partial charge is 0.174 e. The third kappa shape index (κ3) is 7.44. The summed E-state index contributed by atoms with van der Waals surface area (Å²) in [5.74, 6) is -0.0897. The van der Waals surface area contributed by atoms with E-state index in [4.69, 9.17) is 9.84 Å². The SMILES string of the molecule is CCCCOC(O)C=CC(C)=O. The average molecular weight is 172 g/mol. The molecule has 0 amide bonds. The molecule has 0 saturated heterocycles. The summed E-state index contributed by atoms with van der Waals surface area (Å²) in [7, 11) is 0. The predicted molar refractivity (Wildman–Crippen MR) is 46.7 cm³/mol. The first-order chi connectivity index (χ1) is 5.66. The Balaban J connectivity index is 3.45. The molecule has 0 rings (SSSR count). The summed E-state index contributed by atoms with van der Waals surface area (Å²) in [6, 6.07) is 0. The van der Waals surface area contributed by atoms with Crippen molar-refractivity contribution in [3.8, 4) is 0 Å². The van der Waals surface area contributed by atoms with Crippen LogP contribution >= 0.6 is 0 Å². The van der Waals surface area contributed by atoms with E-state index in [0.29, 0.717) is 6.61 Å². The minimum atomic E-state index is -0.944. The fraction of sp³-hybridized carbons (Fsp3) is 0.667. The van der Waals surface area contributed by atoms with Crippen LogP contribution in [0.4, 0.5) is 0 Å². The van der Waals surface area contributed by atoms with Crippen molar-refractivity contribution in [2.24, 2.45) is 0 Å². The van der Waals surface area contributed by atoms with Crippen molar-refractivity contribution in [3.05, 3.63) is 12.2 Å². The number of hydrogen-bond acceptors (Lipinski definition) is 3. The van der Waals surface area contributed by atoms with E-state index in [1.807, 2.05) is 6.92 Å². The maximum atomic E-state index is 10.4.